The molecule has 7 nitrogen and oxygen atoms in total. The number of aliphatic hydroxyl groups is 2. The third kappa shape index (κ3) is 5.47. The summed E-state index contributed by atoms with van der Waals surface area (Å²) < 4.78 is 0. The van der Waals surface area contributed by atoms with Crippen molar-refractivity contribution in [3.8, 4) is 0 Å². The van der Waals surface area contributed by atoms with E-state index in [1.54, 1.807) is 0 Å². The van der Waals surface area contributed by atoms with Gasteiger partial charge in [0.05, 0.1) is 0 Å². The van der Waals surface area contributed by atoms with E-state index in [0.29, 0.717) is 0 Å². The molecule has 7 N–H and O–H groups in total. The van der Waals surface area contributed by atoms with Crippen molar-refractivity contribution in [3.63, 3.8) is 0 Å². The van der Waals surface area contributed by atoms with Gasteiger partial charge in [0, 0.05) is 0 Å². The minimum Gasteiger partial charge on any atom is -1.00 e. The first-order valence-corrected chi connectivity index (χ1v) is 2.28. The zero-order valence-corrected chi connectivity index (χ0v) is 8.47. The van der Waals surface area contributed by atoms with Gasteiger partial charge in [0.2, 0.25) is 0 Å². The predicted molar refractivity (Wildman–Crippen MR) is 33.4 cm³/mol. The molecule has 0 rings (SSSR count). The van der Waals surface area contributed by atoms with Crippen molar-refractivity contribution in [1.29, 1.82) is 0 Å². The Morgan fingerprint density at radius 2 is 1.17 bits per heavy atom. The Hall–Kier alpha value is -0.180. The summed E-state index contributed by atoms with van der Waals surface area (Å²) >= 11 is 0. The molecule has 0 saturated carbocycles. The van der Waals surface area contributed by atoms with Crippen LogP contribution in [-0.4, -0.2) is 44.6 Å². The van der Waals surface area contributed by atoms with E-state index in [1.807, 2.05) is 0 Å². The van der Waals surface area contributed by atoms with E-state index < -0.39 is 24.1 Å². The molecule has 0 bridgehead atoms. The monoisotopic (exact) mass is 191 g/mol. The average Bonchev–Trinajstić information content (AvgIpc) is 1.84. The summed E-state index contributed by atoms with van der Waals surface area (Å²) in [6.45, 7) is 0. The van der Waals surface area contributed by atoms with Gasteiger partial charge in [-0.3, -0.25) is 0 Å². The summed E-state index contributed by atoms with van der Waals surface area (Å²) in [5, 5.41) is 32.5. The van der Waals surface area contributed by atoms with Crippen molar-refractivity contribution < 1.29 is 61.0 Å². The fraction of sp³-hybridized carbons (Fsp3) is 0.500. The maximum atomic E-state index is 9.77. The van der Waals surface area contributed by atoms with Crippen molar-refractivity contribution in [2.45, 2.75) is 12.2 Å². The van der Waals surface area contributed by atoms with Gasteiger partial charge < -0.3 is 28.0 Å². The van der Waals surface area contributed by atoms with Crippen molar-refractivity contribution in [2.75, 3.05) is 0 Å². The number of hydrogen-bond acceptors (Lipinski definition) is 5. The fourth-order valence-corrected chi connectivity index (χ4v) is 0.270. The Bertz CT molecular complexity index is 149. The molecule has 0 aromatic rings. The van der Waals surface area contributed by atoms with Gasteiger partial charge in [-0.05, 0) is 0 Å². The van der Waals surface area contributed by atoms with Gasteiger partial charge in [-0.25, -0.2) is 9.59 Å². The number of aliphatic hydroxyl groups excluding tert-OH is 2. The van der Waals surface area contributed by atoms with Gasteiger partial charge in [-0.1, -0.05) is 0 Å². The molecule has 2 unspecified atom stereocenters. The van der Waals surface area contributed by atoms with E-state index in [0.717, 1.165) is 0 Å². The topological polar surface area (TPSA) is 150 Å². The molecule has 0 spiro atoms. The maximum absolute atomic E-state index is 9.77. The van der Waals surface area contributed by atoms with Gasteiger partial charge >= 0.3 is 41.5 Å². The van der Waals surface area contributed by atoms with Gasteiger partial charge in [0.15, 0.2) is 12.2 Å². The van der Waals surface area contributed by atoms with Crippen LogP contribution in [0.2, 0.25) is 0 Å². The maximum Gasteiger partial charge on any atom is 1.00 e. The summed E-state index contributed by atoms with van der Waals surface area (Å²) in [4.78, 5) is 19.5. The van der Waals surface area contributed by atoms with Crippen LogP contribution in [0.3, 0.4) is 0 Å². The van der Waals surface area contributed by atoms with Crippen LogP contribution in [0.4, 0.5) is 0 Å². The van der Waals surface area contributed by atoms with E-state index in [1.165, 1.54) is 0 Å². The number of carbonyl (C=O) groups is 2. The molecular formula is C4H10NNaO6. The largest absolute Gasteiger partial charge is 1.00 e. The first-order valence-electron chi connectivity index (χ1n) is 2.28. The number of rotatable bonds is 3. The number of carboxylic acids is 2. The number of carboxylic acid groups (broad SMARTS) is 2. The SMILES string of the molecule is N.O=C(O)C(O)C(O)C(=O)O.[H-].[Na+]. The van der Waals surface area contributed by atoms with E-state index in [4.69, 9.17) is 20.4 Å². The van der Waals surface area contributed by atoms with Crippen LogP contribution in [0.15, 0.2) is 0 Å². The van der Waals surface area contributed by atoms with Gasteiger partial charge in [0.25, 0.3) is 0 Å². The molecule has 0 aromatic heterocycles. The van der Waals surface area contributed by atoms with Crippen molar-refractivity contribution in [2.24, 2.45) is 0 Å². The van der Waals surface area contributed by atoms with Gasteiger partial charge in [-0.15, -0.1) is 0 Å². The summed E-state index contributed by atoms with van der Waals surface area (Å²) in [6.07, 6.45) is -4.53. The Balaban J connectivity index is -0.000000135. The fourth-order valence-electron chi connectivity index (χ4n) is 0.270. The average molecular weight is 191 g/mol. The second kappa shape index (κ2) is 7.47. The van der Waals surface area contributed by atoms with Crippen LogP contribution in [0.5, 0.6) is 0 Å². The number of aliphatic carboxylic acids is 2. The minimum absolute atomic E-state index is 0. The molecule has 8 heteroatoms. The molecule has 0 heterocycles. The zero-order chi connectivity index (χ0) is 8.31. The van der Waals surface area contributed by atoms with Crippen LogP contribution in [0.25, 0.3) is 0 Å². The quantitative estimate of drug-likeness (QED) is 0.280. The third-order valence-corrected chi connectivity index (χ3v) is 0.805. The second-order valence-corrected chi connectivity index (χ2v) is 1.57. The number of hydrogen-bond donors (Lipinski definition) is 5. The van der Waals surface area contributed by atoms with Gasteiger partial charge in [-0.2, -0.15) is 0 Å². The van der Waals surface area contributed by atoms with Crippen LogP contribution >= 0.6 is 0 Å². The van der Waals surface area contributed by atoms with E-state index in [9.17, 15) is 9.59 Å². The second-order valence-electron chi connectivity index (χ2n) is 1.57. The predicted octanol–water partition coefficient (Wildman–Crippen LogP) is -4.84. The molecule has 12 heavy (non-hydrogen) atoms. The zero-order valence-electron chi connectivity index (χ0n) is 7.47. The third-order valence-electron chi connectivity index (χ3n) is 0.805. The van der Waals surface area contributed by atoms with E-state index in [-0.39, 0.29) is 37.1 Å². The summed E-state index contributed by atoms with van der Waals surface area (Å²) in [6, 6.07) is 0. The Morgan fingerprint density at radius 3 is 1.25 bits per heavy atom. The summed E-state index contributed by atoms with van der Waals surface area (Å²) in [5.74, 6) is -3.54. The minimum atomic E-state index is -2.27. The van der Waals surface area contributed by atoms with Crippen LogP contribution in [0, 0.1) is 0 Å². The Kier molecular flexibility index (Phi) is 11.1. The first kappa shape index (κ1) is 17.8. The van der Waals surface area contributed by atoms with E-state index >= 15 is 0 Å². The first-order chi connectivity index (χ1) is 4.46. The molecular weight excluding hydrogens is 181 g/mol. The molecule has 0 aliphatic carbocycles. The van der Waals surface area contributed by atoms with Crippen molar-refractivity contribution >= 4 is 11.9 Å². The van der Waals surface area contributed by atoms with E-state index in [2.05, 4.69) is 0 Å². The van der Waals surface area contributed by atoms with Crippen molar-refractivity contribution in [1.82, 2.24) is 6.15 Å². The molecule has 68 valence electrons. The Labute approximate surface area is 91.4 Å². The summed E-state index contributed by atoms with van der Waals surface area (Å²) in [7, 11) is 0. The van der Waals surface area contributed by atoms with Crippen LogP contribution in [0.1, 0.15) is 1.43 Å². The molecule has 0 aliphatic rings. The van der Waals surface area contributed by atoms with Crippen LogP contribution in [-0.2, 0) is 9.59 Å². The standard InChI is InChI=1S/C4H6O6.H3N.Na.H/c5-1(3(7)8)2(6)4(9)10;;;/h1-2,5-6H,(H,7,8)(H,9,10);1H3;;/q;;+1;-1. The Morgan fingerprint density at radius 1 is 1.00 bits per heavy atom. The molecule has 0 aromatic carbocycles. The molecule has 0 fully saturated rings. The normalized spacial score (nSPS) is 13.2. The molecule has 0 radical (unpaired) electrons. The van der Waals surface area contributed by atoms with Crippen molar-refractivity contribution in [3.05, 3.63) is 0 Å². The molecule has 0 amide bonds. The molecule has 0 aliphatic heterocycles. The molecule has 0 saturated heterocycles. The summed E-state index contributed by atoms with van der Waals surface area (Å²) in [5.41, 5.74) is 0. The molecule has 2 atom stereocenters. The van der Waals surface area contributed by atoms with Crippen LogP contribution < -0.4 is 35.7 Å². The smallest absolute Gasteiger partial charge is 1.00 e. The van der Waals surface area contributed by atoms with Gasteiger partial charge in [0.1, 0.15) is 0 Å².